The minimum atomic E-state index is 0.174. The van der Waals surface area contributed by atoms with Crippen LogP contribution in [0.25, 0.3) is 0 Å². The third-order valence-corrected chi connectivity index (χ3v) is 8.14. The van der Waals surface area contributed by atoms with E-state index in [1.54, 1.807) is 6.07 Å². The van der Waals surface area contributed by atoms with Gasteiger partial charge in [0.05, 0.1) is 16.5 Å². The van der Waals surface area contributed by atoms with E-state index in [4.69, 9.17) is 23.2 Å². The zero-order valence-electron chi connectivity index (χ0n) is 17.5. The van der Waals surface area contributed by atoms with Crippen LogP contribution in [0.3, 0.4) is 0 Å². The molecule has 5 heteroatoms. The zero-order valence-corrected chi connectivity index (χ0v) is 19.0. The molecule has 2 fully saturated rings. The Morgan fingerprint density at radius 2 is 1.86 bits per heavy atom. The lowest BCUT2D eigenvalue weighted by atomic mass is 9.66. The second-order valence-corrected chi connectivity index (χ2v) is 9.57. The van der Waals surface area contributed by atoms with Crippen LogP contribution >= 0.6 is 23.2 Å². The first kappa shape index (κ1) is 21.9. The fourth-order valence-electron chi connectivity index (χ4n) is 5.25. The highest BCUT2D eigenvalue weighted by molar-refractivity contribution is 6.42. The van der Waals surface area contributed by atoms with Gasteiger partial charge in [-0.15, -0.1) is 0 Å². The number of likely N-dealkylation sites (tertiary alicyclic amines) is 1. The van der Waals surface area contributed by atoms with Gasteiger partial charge in [0.1, 0.15) is 0 Å². The molecule has 2 aliphatic rings. The van der Waals surface area contributed by atoms with E-state index in [0.29, 0.717) is 34.0 Å². The molecule has 0 bridgehead atoms. The fourth-order valence-corrected chi connectivity index (χ4v) is 5.57. The average Bonchev–Trinajstić information content (AvgIpc) is 3.24. The molecule has 0 N–H and O–H groups in total. The molecule has 1 aromatic carbocycles. The molecular weight excluding hydrogens is 391 g/mol. The number of halogens is 2. The SMILES string of the molecule is CCC1(CC)CC[C@@H](N(C)C(=O)Cc2ccc(Cl)c(Cl)c2)[C@H](N2CCCC2)C1. The lowest BCUT2D eigenvalue weighted by molar-refractivity contribution is -0.134. The highest BCUT2D eigenvalue weighted by Crippen LogP contribution is 2.45. The molecule has 1 aliphatic carbocycles. The lowest BCUT2D eigenvalue weighted by Gasteiger charge is -2.50. The molecule has 1 amide bonds. The Hall–Kier alpha value is -0.770. The quantitative estimate of drug-likeness (QED) is 0.574. The fraction of sp³-hybridized carbons (Fsp3) is 0.696. The monoisotopic (exact) mass is 424 g/mol. The standard InChI is InChI=1S/C23H34Cl2N2O/c1-4-23(5-2)11-10-20(21(16-23)27-12-6-7-13-27)26(3)22(28)15-17-8-9-18(24)19(25)14-17/h8-9,14,20-21H,4-7,10-13,15-16H2,1-3H3/t20-,21-/m1/s1. The van der Waals surface area contributed by atoms with Crippen molar-refractivity contribution < 1.29 is 4.79 Å². The molecular formula is C23H34Cl2N2O. The van der Waals surface area contributed by atoms with Gasteiger partial charge in [-0.3, -0.25) is 9.69 Å². The van der Waals surface area contributed by atoms with Gasteiger partial charge < -0.3 is 4.90 Å². The molecule has 1 heterocycles. The van der Waals surface area contributed by atoms with Gasteiger partial charge in [-0.25, -0.2) is 0 Å². The van der Waals surface area contributed by atoms with E-state index in [-0.39, 0.29) is 5.91 Å². The summed E-state index contributed by atoms with van der Waals surface area (Å²) < 4.78 is 0. The van der Waals surface area contributed by atoms with Crippen molar-refractivity contribution in [1.29, 1.82) is 0 Å². The normalized spacial score (nSPS) is 25.0. The Kier molecular flexibility index (Phi) is 7.33. The van der Waals surface area contributed by atoms with Crippen LogP contribution in [-0.2, 0) is 11.2 Å². The molecule has 3 rings (SSSR count). The van der Waals surface area contributed by atoms with Crippen LogP contribution in [0, 0.1) is 5.41 Å². The Morgan fingerprint density at radius 1 is 1.18 bits per heavy atom. The largest absolute Gasteiger partial charge is 0.341 e. The predicted octanol–water partition coefficient (Wildman–Crippen LogP) is 5.82. The van der Waals surface area contributed by atoms with Crippen molar-refractivity contribution in [2.75, 3.05) is 20.1 Å². The smallest absolute Gasteiger partial charge is 0.227 e. The summed E-state index contributed by atoms with van der Waals surface area (Å²) in [5, 5.41) is 1.04. The summed E-state index contributed by atoms with van der Waals surface area (Å²) in [4.78, 5) is 17.8. The molecule has 1 saturated carbocycles. The molecule has 0 unspecified atom stereocenters. The van der Waals surface area contributed by atoms with E-state index in [9.17, 15) is 4.79 Å². The van der Waals surface area contributed by atoms with Crippen LogP contribution < -0.4 is 0 Å². The number of nitrogens with zero attached hydrogens (tertiary/aromatic N) is 2. The summed E-state index contributed by atoms with van der Waals surface area (Å²) in [6, 6.07) is 6.28. The third-order valence-electron chi connectivity index (χ3n) is 7.40. The van der Waals surface area contributed by atoms with E-state index in [1.807, 2.05) is 24.1 Å². The van der Waals surface area contributed by atoms with Crippen LogP contribution in [0.4, 0.5) is 0 Å². The maximum absolute atomic E-state index is 13.1. The molecule has 0 radical (unpaired) electrons. The van der Waals surface area contributed by atoms with Gasteiger partial charge in [-0.2, -0.15) is 0 Å². The number of hydrogen-bond acceptors (Lipinski definition) is 2. The first-order chi connectivity index (χ1) is 13.4. The number of benzene rings is 1. The van der Waals surface area contributed by atoms with Crippen LogP contribution in [0.5, 0.6) is 0 Å². The van der Waals surface area contributed by atoms with E-state index in [1.165, 1.54) is 51.6 Å². The maximum Gasteiger partial charge on any atom is 0.227 e. The van der Waals surface area contributed by atoms with Crippen molar-refractivity contribution in [2.24, 2.45) is 5.41 Å². The molecule has 1 saturated heterocycles. The van der Waals surface area contributed by atoms with Crippen molar-refractivity contribution in [2.45, 2.75) is 77.3 Å². The predicted molar refractivity (Wildman–Crippen MR) is 118 cm³/mol. The van der Waals surface area contributed by atoms with Crippen molar-refractivity contribution in [3.63, 3.8) is 0 Å². The molecule has 0 spiro atoms. The Labute approximate surface area is 180 Å². The van der Waals surface area contributed by atoms with Gasteiger partial charge in [0.2, 0.25) is 5.91 Å². The second-order valence-electron chi connectivity index (χ2n) is 8.76. The number of likely N-dealkylation sites (N-methyl/N-ethyl adjacent to an activating group) is 1. The second kappa shape index (κ2) is 9.36. The number of carbonyl (C=O) groups is 1. The van der Waals surface area contributed by atoms with Gasteiger partial charge >= 0.3 is 0 Å². The number of amides is 1. The molecule has 2 atom stereocenters. The number of carbonyl (C=O) groups excluding carboxylic acids is 1. The molecule has 0 aromatic heterocycles. The Bertz CT molecular complexity index is 683. The molecule has 3 nitrogen and oxygen atoms in total. The topological polar surface area (TPSA) is 23.6 Å². The van der Waals surface area contributed by atoms with Gasteiger partial charge in [0, 0.05) is 19.1 Å². The van der Waals surface area contributed by atoms with Crippen LogP contribution in [0.2, 0.25) is 10.0 Å². The first-order valence-electron chi connectivity index (χ1n) is 10.8. The third kappa shape index (κ3) is 4.68. The van der Waals surface area contributed by atoms with E-state index in [0.717, 1.165) is 12.0 Å². The van der Waals surface area contributed by atoms with Crippen LogP contribution in [0.15, 0.2) is 18.2 Å². The first-order valence-corrected chi connectivity index (χ1v) is 11.6. The van der Waals surface area contributed by atoms with Gasteiger partial charge in [-0.1, -0.05) is 56.0 Å². The van der Waals surface area contributed by atoms with Crippen molar-refractivity contribution in [1.82, 2.24) is 9.80 Å². The number of hydrogen-bond donors (Lipinski definition) is 0. The van der Waals surface area contributed by atoms with E-state index >= 15 is 0 Å². The Morgan fingerprint density at radius 3 is 2.46 bits per heavy atom. The minimum Gasteiger partial charge on any atom is -0.341 e. The average molecular weight is 425 g/mol. The highest BCUT2D eigenvalue weighted by Gasteiger charge is 2.43. The molecule has 1 aromatic rings. The molecule has 156 valence electrons. The summed E-state index contributed by atoms with van der Waals surface area (Å²) in [6.45, 7) is 7.03. The van der Waals surface area contributed by atoms with Crippen LogP contribution in [-0.4, -0.2) is 47.9 Å². The summed E-state index contributed by atoms with van der Waals surface area (Å²) in [6.07, 6.45) is 8.97. The van der Waals surface area contributed by atoms with E-state index in [2.05, 4.69) is 18.7 Å². The van der Waals surface area contributed by atoms with Crippen molar-refractivity contribution in [3.8, 4) is 0 Å². The summed E-state index contributed by atoms with van der Waals surface area (Å²) in [7, 11) is 2.00. The summed E-state index contributed by atoms with van der Waals surface area (Å²) in [5.41, 5.74) is 1.37. The zero-order chi connectivity index (χ0) is 20.3. The minimum absolute atomic E-state index is 0.174. The van der Waals surface area contributed by atoms with Crippen LogP contribution in [0.1, 0.15) is 64.4 Å². The van der Waals surface area contributed by atoms with Gasteiger partial charge in [0.25, 0.3) is 0 Å². The Balaban J connectivity index is 1.74. The maximum atomic E-state index is 13.1. The van der Waals surface area contributed by atoms with E-state index < -0.39 is 0 Å². The van der Waals surface area contributed by atoms with Crippen molar-refractivity contribution >= 4 is 29.1 Å². The van der Waals surface area contributed by atoms with Gasteiger partial charge in [0.15, 0.2) is 0 Å². The number of rotatable bonds is 6. The summed E-state index contributed by atoms with van der Waals surface area (Å²) in [5.74, 6) is 0.174. The van der Waals surface area contributed by atoms with Gasteiger partial charge in [-0.05, 0) is 68.3 Å². The molecule has 1 aliphatic heterocycles. The summed E-state index contributed by atoms with van der Waals surface area (Å²) >= 11 is 12.1. The molecule has 28 heavy (non-hydrogen) atoms. The van der Waals surface area contributed by atoms with Crippen molar-refractivity contribution in [3.05, 3.63) is 33.8 Å². The lowest BCUT2D eigenvalue weighted by Crippen LogP contribution is -2.56. The highest BCUT2D eigenvalue weighted by atomic mass is 35.5.